The first-order chi connectivity index (χ1) is 17.6. The van der Waals surface area contributed by atoms with Gasteiger partial charge in [-0.15, -0.1) is 0 Å². The van der Waals surface area contributed by atoms with E-state index in [4.69, 9.17) is 5.73 Å². The van der Waals surface area contributed by atoms with Crippen molar-refractivity contribution in [3.63, 3.8) is 0 Å². The maximum atomic E-state index is 13.0. The van der Waals surface area contributed by atoms with Crippen LogP contribution in [0.15, 0.2) is 43.0 Å². The smallest absolute Gasteiger partial charge is 0.326 e. The van der Waals surface area contributed by atoms with Crippen molar-refractivity contribution in [2.75, 3.05) is 0 Å². The number of carboxylic acids is 1. The first-order valence-corrected chi connectivity index (χ1v) is 12.0. The molecule has 8 N–H and O–H groups in total. The van der Waals surface area contributed by atoms with Crippen LogP contribution in [-0.2, 0) is 32.0 Å². The number of carboxylic acid groups (broad SMARTS) is 1. The molecule has 4 unspecified atom stereocenters. The maximum absolute atomic E-state index is 13.0. The second-order valence-electron chi connectivity index (χ2n) is 9.31. The summed E-state index contributed by atoms with van der Waals surface area (Å²) >= 11 is 0. The summed E-state index contributed by atoms with van der Waals surface area (Å²) in [4.78, 5) is 60.1. The number of fused-ring (bicyclic) bond motifs is 1. The number of nitrogens with one attached hydrogen (secondary N) is 5. The number of para-hydroxylation sites is 1. The molecule has 12 heteroatoms. The van der Waals surface area contributed by atoms with Crippen LogP contribution in [0, 0.1) is 5.92 Å². The SMILES string of the molecule is CC(NC(=O)C(Cc1cnc[nH]1)NC(=O)C(N)C(C)C)C(=O)NC(Cc1c[nH]c2ccccc12)C(=O)O. The van der Waals surface area contributed by atoms with Crippen LogP contribution in [0.3, 0.4) is 0 Å². The van der Waals surface area contributed by atoms with Crippen molar-refractivity contribution in [3.05, 3.63) is 54.2 Å². The van der Waals surface area contributed by atoms with E-state index < -0.39 is 47.9 Å². The molecule has 0 aliphatic carbocycles. The molecule has 12 nitrogen and oxygen atoms in total. The Bertz CT molecular complexity index is 1240. The predicted molar refractivity (Wildman–Crippen MR) is 136 cm³/mol. The number of carbonyl (C=O) groups excluding carboxylic acids is 3. The van der Waals surface area contributed by atoms with E-state index in [1.54, 1.807) is 20.0 Å². The summed E-state index contributed by atoms with van der Waals surface area (Å²) in [6.45, 7) is 5.01. The zero-order chi connectivity index (χ0) is 27.1. The van der Waals surface area contributed by atoms with Crippen molar-refractivity contribution in [1.29, 1.82) is 0 Å². The number of aromatic amines is 2. The van der Waals surface area contributed by atoms with E-state index in [-0.39, 0.29) is 18.8 Å². The lowest BCUT2D eigenvalue weighted by atomic mass is 10.0. The van der Waals surface area contributed by atoms with Gasteiger partial charge in [-0.25, -0.2) is 9.78 Å². The number of H-pyrrole nitrogens is 2. The molecule has 3 aromatic rings. The number of nitrogens with two attached hydrogens (primary N) is 1. The Morgan fingerprint density at radius 3 is 2.30 bits per heavy atom. The lowest BCUT2D eigenvalue weighted by molar-refractivity contribution is -0.142. The maximum Gasteiger partial charge on any atom is 0.326 e. The standard InChI is InChI=1S/C25H33N7O5/c1-13(2)21(26)24(35)31-19(9-16-11-27-12-29-16)23(34)30-14(3)22(33)32-20(25(36)37)8-15-10-28-18-7-5-4-6-17(15)18/h4-7,10-14,19-21,28H,8-9,26H2,1-3H3,(H,27,29)(H,30,34)(H,31,35)(H,32,33)(H,36,37). The minimum atomic E-state index is -1.21. The molecule has 198 valence electrons. The Hall–Kier alpha value is -4.19. The second kappa shape index (κ2) is 12.2. The van der Waals surface area contributed by atoms with Crippen LogP contribution in [0.5, 0.6) is 0 Å². The summed E-state index contributed by atoms with van der Waals surface area (Å²) < 4.78 is 0. The second-order valence-corrected chi connectivity index (χ2v) is 9.31. The fourth-order valence-electron chi connectivity index (χ4n) is 3.79. The van der Waals surface area contributed by atoms with E-state index in [1.807, 2.05) is 24.3 Å². The topological polar surface area (TPSA) is 195 Å². The number of benzene rings is 1. The minimum Gasteiger partial charge on any atom is -0.480 e. The van der Waals surface area contributed by atoms with Gasteiger partial charge in [-0.1, -0.05) is 32.0 Å². The largest absolute Gasteiger partial charge is 0.480 e. The molecule has 0 saturated heterocycles. The lowest BCUT2D eigenvalue weighted by Crippen LogP contribution is -2.57. The average molecular weight is 512 g/mol. The van der Waals surface area contributed by atoms with E-state index in [0.29, 0.717) is 5.69 Å². The Morgan fingerprint density at radius 1 is 0.946 bits per heavy atom. The molecular formula is C25H33N7O5. The quantitative estimate of drug-likeness (QED) is 0.180. The summed E-state index contributed by atoms with van der Waals surface area (Å²) in [5, 5.41) is 18.2. The normalized spacial score (nSPS) is 14.5. The predicted octanol–water partition coefficient (Wildman–Crippen LogP) is 0.218. The van der Waals surface area contributed by atoms with Crippen molar-refractivity contribution in [1.82, 2.24) is 30.9 Å². The third-order valence-electron chi connectivity index (χ3n) is 6.10. The van der Waals surface area contributed by atoms with Gasteiger partial charge in [0.25, 0.3) is 0 Å². The fourth-order valence-corrected chi connectivity index (χ4v) is 3.79. The van der Waals surface area contributed by atoms with Gasteiger partial charge in [-0.05, 0) is 24.5 Å². The van der Waals surface area contributed by atoms with Gasteiger partial charge in [-0.3, -0.25) is 14.4 Å². The molecule has 0 aliphatic heterocycles. The number of imidazole rings is 1. The lowest BCUT2D eigenvalue weighted by Gasteiger charge is -2.24. The summed E-state index contributed by atoms with van der Waals surface area (Å²) in [6, 6.07) is 3.31. The number of amides is 3. The van der Waals surface area contributed by atoms with Crippen LogP contribution in [0.1, 0.15) is 32.0 Å². The molecule has 0 aliphatic rings. The zero-order valence-electron chi connectivity index (χ0n) is 20.9. The van der Waals surface area contributed by atoms with Crippen molar-refractivity contribution < 1.29 is 24.3 Å². The fraction of sp³-hybridized carbons (Fsp3) is 0.400. The van der Waals surface area contributed by atoms with Crippen LogP contribution in [0.2, 0.25) is 0 Å². The van der Waals surface area contributed by atoms with E-state index in [0.717, 1.165) is 16.5 Å². The van der Waals surface area contributed by atoms with Gasteiger partial charge in [-0.2, -0.15) is 0 Å². The minimum absolute atomic E-state index is 0.0529. The number of hydrogen-bond acceptors (Lipinski definition) is 6. The number of nitrogens with zero attached hydrogens (tertiary/aromatic N) is 1. The van der Waals surface area contributed by atoms with E-state index in [2.05, 4.69) is 30.9 Å². The van der Waals surface area contributed by atoms with E-state index >= 15 is 0 Å². The van der Waals surface area contributed by atoms with Crippen molar-refractivity contribution in [2.45, 2.75) is 57.8 Å². The summed E-state index contributed by atoms with van der Waals surface area (Å²) in [7, 11) is 0. The molecule has 4 atom stereocenters. The van der Waals surface area contributed by atoms with Gasteiger partial charge in [0.2, 0.25) is 17.7 Å². The number of hydrogen-bond donors (Lipinski definition) is 7. The highest BCUT2D eigenvalue weighted by Gasteiger charge is 2.29. The molecule has 2 aromatic heterocycles. The number of aromatic nitrogens is 3. The molecular weight excluding hydrogens is 478 g/mol. The Kier molecular flexibility index (Phi) is 9.01. The zero-order valence-corrected chi connectivity index (χ0v) is 20.9. The van der Waals surface area contributed by atoms with E-state index in [9.17, 15) is 24.3 Å². The highest BCUT2D eigenvalue weighted by Crippen LogP contribution is 2.19. The molecule has 0 fully saturated rings. The van der Waals surface area contributed by atoms with E-state index in [1.165, 1.54) is 19.4 Å². The summed E-state index contributed by atoms with van der Waals surface area (Å²) in [5.41, 5.74) is 8.11. The van der Waals surface area contributed by atoms with Crippen LogP contribution in [-0.4, -0.2) is 67.9 Å². The van der Waals surface area contributed by atoms with Gasteiger partial charge in [0, 0.05) is 41.8 Å². The third kappa shape index (κ3) is 7.17. The first-order valence-electron chi connectivity index (χ1n) is 12.0. The molecule has 37 heavy (non-hydrogen) atoms. The Morgan fingerprint density at radius 2 is 1.65 bits per heavy atom. The monoisotopic (exact) mass is 511 g/mol. The van der Waals surface area contributed by atoms with Crippen molar-refractivity contribution >= 4 is 34.6 Å². The average Bonchev–Trinajstić information content (AvgIpc) is 3.52. The molecule has 2 heterocycles. The van der Waals surface area contributed by atoms with Gasteiger partial charge < -0.3 is 36.8 Å². The highest BCUT2D eigenvalue weighted by atomic mass is 16.4. The van der Waals surface area contributed by atoms with Crippen LogP contribution in [0.25, 0.3) is 10.9 Å². The number of rotatable bonds is 12. The van der Waals surface area contributed by atoms with Crippen LogP contribution < -0.4 is 21.7 Å². The molecule has 0 radical (unpaired) electrons. The molecule has 3 amide bonds. The van der Waals surface area contributed by atoms with Crippen molar-refractivity contribution in [2.24, 2.45) is 11.7 Å². The Balaban J connectivity index is 1.66. The van der Waals surface area contributed by atoms with Gasteiger partial charge >= 0.3 is 5.97 Å². The molecule has 0 spiro atoms. The first kappa shape index (κ1) is 27.4. The highest BCUT2D eigenvalue weighted by molar-refractivity contribution is 5.94. The molecule has 0 saturated carbocycles. The van der Waals surface area contributed by atoms with Crippen LogP contribution >= 0.6 is 0 Å². The number of carbonyl (C=O) groups is 4. The summed E-state index contributed by atoms with van der Waals surface area (Å²) in [6.07, 6.45) is 4.82. The van der Waals surface area contributed by atoms with Gasteiger partial charge in [0.1, 0.15) is 18.1 Å². The molecule has 1 aromatic carbocycles. The van der Waals surface area contributed by atoms with Gasteiger partial charge in [0.15, 0.2) is 0 Å². The summed E-state index contributed by atoms with van der Waals surface area (Å²) in [5.74, 6) is -3.15. The van der Waals surface area contributed by atoms with Crippen LogP contribution in [0.4, 0.5) is 0 Å². The third-order valence-corrected chi connectivity index (χ3v) is 6.10. The molecule has 0 bridgehead atoms. The Labute approximate surface area is 213 Å². The molecule has 3 rings (SSSR count). The van der Waals surface area contributed by atoms with Crippen molar-refractivity contribution in [3.8, 4) is 0 Å². The van der Waals surface area contributed by atoms with Gasteiger partial charge in [0.05, 0.1) is 12.4 Å². The number of aliphatic carboxylic acids is 1.